The molecule has 5 aromatic rings. The summed E-state index contributed by atoms with van der Waals surface area (Å²) in [5, 5.41) is 16.5. The van der Waals surface area contributed by atoms with Gasteiger partial charge in [0.2, 0.25) is 11.8 Å². The number of nitro groups is 1. The predicted octanol–water partition coefficient (Wildman–Crippen LogP) is 7.48. The van der Waals surface area contributed by atoms with Gasteiger partial charge >= 0.3 is 0 Å². The minimum atomic E-state index is -0.477. The molecule has 0 aliphatic heterocycles. The van der Waals surface area contributed by atoms with E-state index >= 15 is 0 Å². The third-order valence-electron chi connectivity index (χ3n) is 6.91. The first-order chi connectivity index (χ1) is 21.3. The summed E-state index contributed by atoms with van der Waals surface area (Å²) in [7, 11) is 0. The van der Waals surface area contributed by atoms with Crippen molar-refractivity contribution in [2.75, 3.05) is 10.6 Å². The van der Waals surface area contributed by atoms with E-state index in [1.807, 2.05) is 30.3 Å². The topological polar surface area (TPSA) is 132 Å². The lowest BCUT2D eigenvalue weighted by molar-refractivity contribution is -0.384. The van der Waals surface area contributed by atoms with Crippen molar-refractivity contribution in [2.45, 2.75) is 12.8 Å². The number of rotatable bonds is 10. The summed E-state index contributed by atoms with van der Waals surface area (Å²) in [5.41, 5.74) is 2.82. The summed E-state index contributed by atoms with van der Waals surface area (Å²) in [6, 6.07) is 32.0. The van der Waals surface area contributed by atoms with Crippen molar-refractivity contribution in [1.82, 2.24) is 0 Å². The number of hydrogen-bond acceptors (Lipinski definition) is 6. The lowest BCUT2D eigenvalue weighted by Crippen LogP contribution is -2.21. The highest BCUT2D eigenvalue weighted by Crippen LogP contribution is 2.27. The van der Waals surface area contributed by atoms with E-state index in [1.165, 1.54) is 30.4 Å². The van der Waals surface area contributed by atoms with E-state index in [-0.39, 0.29) is 22.9 Å². The molecule has 4 aromatic carbocycles. The SMILES string of the molecule is CC(C(=O)Nc1ccc(NC(=O)C=Cc2ccc(-c3ccc([N+](=O)[O-])cc3)o2)cc1C(=O)c1ccccc1)c1ccccc1. The average molecular weight is 586 g/mol. The van der Waals surface area contributed by atoms with Crippen molar-refractivity contribution >= 4 is 40.7 Å². The molecule has 44 heavy (non-hydrogen) atoms. The van der Waals surface area contributed by atoms with Gasteiger partial charge in [0.05, 0.1) is 16.5 Å². The van der Waals surface area contributed by atoms with Gasteiger partial charge in [0, 0.05) is 40.6 Å². The highest BCUT2D eigenvalue weighted by atomic mass is 16.6. The molecule has 1 atom stereocenters. The van der Waals surface area contributed by atoms with E-state index < -0.39 is 16.7 Å². The molecule has 0 aliphatic carbocycles. The Bertz CT molecular complexity index is 1840. The van der Waals surface area contributed by atoms with Crippen molar-refractivity contribution in [3.05, 3.63) is 154 Å². The third kappa shape index (κ3) is 7.03. The Balaban J connectivity index is 1.32. The highest BCUT2D eigenvalue weighted by Gasteiger charge is 2.20. The van der Waals surface area contributed by atoms with Crippen LogP contribution in [-0.2, 0) is 9.59 Å². The number of carbonyl (C=O) groups is 3. The Kier molecular flexibility index (Phi) is 8.86. The van der Waals surface area contributed by atoms with Crippen LogP contribution < -0.4 is 10.6 Å². The fourth-order valence-electron chi connectivity index (χ4n) is 4.48. The number of nitrogens with zero attached hydrogens (tertiary/aromatic N) is 1. The van der Waals surface area contributed by atoms with Crippen molar-refractivity contribution < 1.29 is 23.7 Å². The van der Waals surface area contributed by atoms with Gasteiger partial charge in [-0.2, -0.15) is 0 Å². The van der Waals surface area contributed by atoms with Crippen molar-refractivity contribution in [3.63, 3.8) is 0 Å². The molecule has 0 spiro atoms. The van der Waals surface area contributed by atoms with Crippen LogP contribution in [0.15, 0.2) is 126 Å². The summed E-state index contributed by atoms with van der Waals surface area (Å²) in [6.45, 7) is 1.79. The van der Waals surface area contributed by atoms with Crippen LogP contribution in [0, 0.1) is 10.1 Å². The van der Waals surface area contributed by atoms with Crippen LogP contribution in [-0.4, -0.2) is 22.5 Å². The minimum Gasteiger partial charge on any atom is -0.457 e. The number of nitrogens with one attached hydrogen (secondary N) is 2. The summed E-state index contributed by atoms with van der Waals surface area (Å²) in [4.78, 5) is 49.8. The first-order valence-electron chi connectivity index (χ1n) is 13.7. The van der Waals surface area contributed by atoms with Gasteiger partial charge in [-0.15, -0.1) is 0 Å². The predicted molar refractivity (Wildman–Crippen MR) is 168 cm³/mol. The maximum Gasteiger partial charge on any atom is 0.269 e. The molecule has 0 bridgehead atoms. The molecule has 2 N–H and O–H groups in total. The smallest absolute Gasteiger partial charge is 0.269 e. The zero-order valence-corrected chi connectivity index (χ0v) is 23.6. The number of nitro benzene ring substituents is 1. The number of amides is 2. The molecule has 0 saturated heterocycles. The van der Waals surface area contributed by atoms with Crippen LogP contribution in [0.4, 0.5) is 17.1 Å². The molecule has 1 aromatic heterocycles. The number of hydrogen-bond donors (Lipinski definition) is 2. The van der Waals surface area contributed by atoms with Gasteiger partial charge in [-0.05, 0) is 61.0 Å². The van der Waals surface area contributed by atoms with Crippen LogP contribution in [0.1, 0.15) is 40.1 Å². The third-order valence-corrected chi connectivity index (χ3v) is 6.91. The normalized spacial score (nSPS) is 11.6. The molecular weight excluding hydrogens is 558 g/mol. The zero-order chi connectivity index (χ0) is 31.1. The number of anilines is 2. The Morgan fingerprint density at radius 2 is 1.50 bits per heavy atom. The van der Waals surface area contributed by atoms with Gasteiger partial charge in [0.25, 0.3) is 5.69 Å². The molecule has 9 nitrogen and oxygen atoms in total. The Morgan fingerprint density at radius 3 is 2.18 bits per heavy atom. The van der Waals surface area contributed by atoms with Crippen molar-refractivity contribution in [2.24, 2.45) is 0 Å². The fourth-order valence-corrected chi connectivity index (χ4v) is 4.48. The molecule has 0 aliphatic rings. The zero-order valence-electron chi connectivity index (χ0n) is 23.6. The second kappa shape index (κ2) is 13.3. The van der Waals surface area contributed by atoms with E-state index in [0.29, 0.717) is 34.0 Å². The van der Waals surface area contributed by atoms with Crippen LogP contribution in [0.2, 0.25) is 0 Å². The second-order valence-electron chi connectivity index (χ2n) is 9.91. The lowest BCUT2D eigenvalue weighted by atomic mass is 9.98. The summed E-state index contributed by atoms with van der Waals surface area (Å²) >= 11 is 0. The average Bonchev–Trinajstić information content (AvgIpc) is 3.54. The maximum absolute atomic E-state index is 13.5. The van der Waals surface area contributed by atoms with Crippen LogP contribution in [0.3, 0.4) is 0 Å². The minimum absolute atomic E-state index is 0.0251. The molecule has 0 radical (unpaired) electrons. The highest BCUT2D eigenvalue weighted by molar-refractivity contribution is 6.15. The van der Waals surface area contributed by atoms with Crippen molar-refractivity contribution in [1.29, 1.82) is 0 Å². The maximum atomic E-state index is 13.5. The number of non-ortho nitro benzene ring substituents is 1. The molecule has 0 fully saturated rings. The van der Waals surface area contributed by atoms with E-state index in [1.54, 1.807) is 73.7 Å². The molecule has 1 unspecified atom stereocenters. The van der Waals surface area contributed by atoms with Crippen LogP contribution in [0.5, 0.6) is 0 Å². The second-order valence-corrected chi connectivity index (χ2v) is 9.91. The molecule has 2 amide bonds. The van der Waals surface area contributed by atoms with E-state index in [4.69, 9.17) is 4.42 Å². The summed E-state index contributed by atoms with van der Waals surface area (Å²) in [5.74, 6) is -0.616. The molecular formula is C35H27N3O6. The fraction of sp³-hybridized carbons (Fsp3) is 0.0571. The Morgan fingerprint density at radius 1 is 0.818 bits per heavy atom. The van der Waals surface area contributed by atoms with Crippen LogP contribution in [0.25, 0.3) is 17.4 Å². The molecule has 5 rings (SSSR count). The molecule has 0 saturated carbocycles. The first-order valence-corrected chi connectivity index (χ1v) is 13.7. The molecule has 9 heteroatoms. The number of ketones is 1. The van der Waals surface area contributed by atoms with Gasteiger partial charge in [-0.25, -0.2) is 0 Å². The van der Waals surface area contributed by atoms with Gasteiger partial charge in [-0.3, -0.25) is 24.5 Å². The number of carbonyl (C=O) groups excluding carboxylic acids is 3. The van der Waals surface area contributed by atoms with E-state index in [2.05, 4.69) is 10.6 Å². The molecule has 218 valence electrons. The Labute approximate surface area is 253 Å². The first kappa shape index (κ1) is 29.4. The Hall–Kier alpha value is -6.09. The number of furan rings is 1. The summed E-state index contributed by atoms with van der Waals surface area (Å²) in [6.07, 6.45) is 2.77. The quantitative estimate of drug-likeness (QED) is 0.0756. The molecule has 1 heterocycles. The van der Waals surface area contributed by atoms with Gasteiger partial charge in [0.1, 0.15) is 11.5 Å². The van der Waals surface area contributed by atoms with Gasteiger partial charge < -0.3 is 15.1 Å². The largest absolute Gasteiger partial charge is 0.457 e. The van der Waals surface area contributed by atoms with E-state index in [9.17, 15) is 24.5 Å². The summed E-state index contributed by atoms with van der Waals surface area (Å²) < 4.78 is 5.75. The van der Waals surface area contributed by atoms with E-state index in [0.717, 1.165) is 5.56 Å². The lowest BCUT2D eigenvalue weighted by Gasteiger charge is -2.16. The van der Waals surface area contributed by atoms with Gasteiger partial charge in [-0.1, -0.05) is 60.7 Å². The van der Waals surface area contributed by atoms with Crippen LogP contribution >= 0.6 is 0 Å². The monoisotopic (exact) mass is 585 g/mol. The van der Waals surface area contributed by atoms with Gasteiger partial charge in [0.15, 0.2) is 5.78 Å². The standard InChI is InChI=1S/C35H27N3O6/c1-23(24-8-4-2-5-9-24)35(41)37-31-19-14-27(22-30(31)34(40)26-10-6-3-7-11-26)36-33(39)21-18-29-17-20-32(44-29)25-12-15-28(16-13-25)38(42)43/h2-23H,1H3,(H,36,39)(H,37,41). The van der Waals surface area contributed by atoms with Crippen molar-refractivity contribution in [3.8, 4) is 11.3 Å². The number of benzene rings is 4.